The first-order chi connectivity index (χ1) is 14.3. The van der Waals surface area contributed by atoms with Gasteiger partial charge < -0.3 is 4.74 Å². The van der Waals surface area contributed by atoms with Gasteiger partial charge in [-0.3, -0.25) is 4.79 Å². The number of carbonyl (C=O) groups is 1. The van der Waals surface area contributed by atoms with E-state index in [1.165, 1.54) is 44.9 Å². The molecule has 166 valence electrons. The number of rotatable bonds is 21. The second-order valence-electron chi connectivity index (χ2n) is 7.57. The fraction of sp³-hybridized carbons (Fsp3) is 0.792. The van der Waals surface area contributed by atoms with Gasteiger partial charge in [-0.1, -0.05) is 81.3 Å². The lowest BCUT2D eigenvalue weighted by Gasteiger charge is -2.05. The third-order valence-corrected chi connectivity index (χ3v) is 4.81. The van der Waals surface area contributed by atoms with Crippen LogP contribution in [0.3, 0.4) is 0 Å². The summed E-state index contributed by atoms with van der Waals surface area (Å²) < 4.78 is 5.25. The van der Waals surface area contributed by atoms with Gasteiger partial charge in [0.1, 0.15) is 0 Å². The molecule has 0 heterocycles. The van der Waals surface area contributed by atoms with Crippen LogP contribution in [0.5, 0.6) is 0 Å². The molecule has 0 saturated heterocycles. The first kappa shape index (κ1) is 27.3. The fourth-order valence-electron chi connectivity index (χ4n) is 3.02. The smallest absolute Gasteiger partial charge is 0.305 e. The van der Waals surface area contributed by atoms with E-state index in [4.69, 9.17) is 10.3 Å². The fourth-order valence-corrected chi connectivity index (χ4v) is 3.02. The van der Waals surface area contributed by atoms with E-state index in [1.807, 2.05) is 0 Å². The third kappa shape index (κ3) is 24.2. The van der Waals surface area contributed by atoms with Gasteiger partial charge in [0, 0.05) is 17.9 Å². The number of esters is 1. The highest BCUT2D eigenvalue weighted by Crippen LogP contribution is 2.09. The van der Waals surface area contributed by atoms with Crippen LogP contribution in [0.25, 0.3) is 10.4 Å². The molecule has 0 aliphatic rings. The predicted molar refractivity (Wildman–Crippen MR) is 123 cm³/mol. The van der Waals surface area contributed by atoms with Gasteiger partial charge in [0.2, 0.25) is 0 Å². The molecule has 0 aromatic carbocycles. The third-order valence-electron chi connectivity index (χ3n) is 4.81. The minimum Gasteiger partial charge on any atom is -0.466 e. The molecular weight excluding hydrogens is 362 g/mol. The van der Waals surface area contributed by atoms with Gasteiger partial charge in [0.05, 0.1) is 6.61 Å². The summed E-state index contributed by atoms with van der Waals surface area (Å²) in [5.41, 5.74) is 8.17. The number of carbonyl (C=O) groups excluding carboxylic acids is 1. The highest BCUT2D eigenvalue weighted by atomic mass is 16.5. The number of hydrogen-bond donors (Lipinski definition) is 0. The van der Waals surface area contributed by atoms with Gasteiger partial charge in [0.15, 0.2) is 0 Å². The Bertz CT molecular complexity index is 469. The molecule has 0 fully saturated rings. The van der Waals surface area contributed by atoms with Gasteiger partial charge in [-0.25, -0.2) is 0 Å². The summed E-state index contributed by atoms with van der Waals surface area (Å²) in [7, 11) is 0. The zero-order valence-electron chi connectivity index (χ0n) is 18.7. The Morgan fingerprint density at radius 2 is 1.45 bits per heavy atom. The second-order valence-corrected chi connectivity index (χ2v) is 7.57. The van der Waals surface area contributed by atoms with Crippen molar-refractivity contribution in [2.75, 3.05) is 13.2 Å². The van der Waals surface area contributed by atoms with Crippen LogP contribution in [-0.2, 0) is 9.53 Å². The highest BCUT2D eigenvalue weighted by molar-refractivity contribution is 5.69. The monoisotopic (exact) mass is 405 g/mol. The van der Waals surface area contributed by atoms with Crippen LogP contribution < -0.4 is 0 Å². The zero-order valence-corrected chi connectivity index (χ0v) is 18.7. The van der Waals surface area contributed by atoms with E-state index in [2.05, 4.69) is 41.3 Å². The van der Waals surface area contributed by atoms with E-state index >= 15 is 0 Å². The average molecular weight is 406 g/mol. The molecule has 29 heavy (non-hydrogen) atoms. The van der Waals surface area contributed by atoms with Crippen LogP contribution >= 0.6 is 0 Å². The maximum Gasteiger partial charge on any atom is 0.305 e. The Labute approximate surface area is 178 Å². The van der Waals surface area contributed by atoms with Crippen LogP contribution in [0, 0.1) is 0 Å². The van der Waals surface area contributed by atoms with Crippen molar-refractivity contribution < 1.29 is 9.53 Å². The van der Waals surface area contributed by atoms with Crippen molar-refractivity contribution in [3.05, 3.63) is 34.7 Å². The van der Waals surface area contributed by atoms with E-state index in [9.17, 15) is 4.79 Å². The van der Waals surface area contributed by atoms with Crippen molar-refractivity contribution in [1.29, 1.82) is 0 Å². The summed E-state index contributed by atoms with van der Waals surface area (Å²) in [5.74, 6) is -0.0650. The largest absolute Gasteiger partial charge is 0.466 e. The quantitative estimate of drug-likeness (QED) is 0.0481. The predicted octanol–water partition coefficient (Wildman–Crippen LogP) is 8.21. The van der Waals surface area contributed by atoms with Gasteiger partial charge in [-0.15, -0.1) is 0 Å². The van der Waals surface area contributed by atoms with Gasteiger partial charge in [0.25, 0.3) is 0 Å². The zero-order chi connectivity index (χ0) is 21.3. The number of unbranched alkanes of at least 4 members (excludes halogenated alkanes) is 11. The first-order valence-corrected chi connectivity index (χ1v) is 11.8. The Morgan fingerprint density at radius 1 is 0.828 bits per heavy atom. The molecule has 5 heteroatoms. The molecule has 0 unspecified atom stereocenters. The molecular formula is C24H43N3O2. The molecule has 0 aromatic rings. The summed E-state index contributed by atoms with van der Waals surface area (Å²) in [4.78, 5) is 14.4. The molecule has 0 amide bonds. The molecule has 0 N–H and O–H groups in total. The van der Waals surface area contributed by atoms with E-state index in [1.54, 1.807) is 0 Å². The van der Waals surface area contributed by atoms with Crippen LogP contribution in [0.4, 0.5) is 0 Å². The second kappa shape index (κ2) is 24.3. The Hall–Kier alpha value is -1.74. The van der Waals surface area contributed by atoms with E-state index < -0.39 is 0 Å². The highest BCUT2D eigenvalue weighted by Gasteiger charge is 2.02. The average Bonchev–Trinajstić information content (AvgIpc) is 2.72. The number of allylic oxidation sites excluding steroid dienone is 4. The van der Waals surface area contributed by atoms with Crippen molar-refractivity contribution in [2.45, 2.75) is 110 Å². The van der Waals surface area contributed by atoms with Crippen LogP contribution in [0.2, 0.25) is 0 Å². The van der Waals surface area contributed by atoms with Crippen LogP contribution in [0.15, 0.2) is 29.4 Å². The molecule has 5 nitrogen and oxygen atoms in total. The van der Waals surface area contributed by atoms with E-state index in [0.29, 0.717) is 19.6 Å². The van der Waals surface area contributed by atoms with Crippen molar-refractivity contribution in [3.8, 4) is 0 Å². The minimum absolute atomic E-state index is 0.0650. The molecule has 0 radical (unpaired) electrons. The van der Waals surface area contributed by atoms with Crippen molar-refractivity contribution in [3.63, 3.8) is 0 Å². The first-order valence-electron chi connectivity index (χ1n) is 11.8. The molecule has 0 rings (SSSR count). The Balaban J connectivity index is 3.28. The summed E-state index contributed by atoms with van der Waals surface area (Å²) >= 11 is 0. The normalized spacial score (nSPS) is 11.2. The lowest BCUT2D eigenvalue weighted by molar-refractivity contribution is -0.143. The molecule has 0 saturated carbocycles. The summed E-state index contributed by atoms with van der Waals surface area (Å²) in [6.45, 7) is 3.31. The van der Waals surface area contributed by atoms with Crippen LogP contribution in [-0.4, -0.2) is 19.1 Å². The summed E-state index contributed by atoms with van der Waals surface area (Å²) in [5, 5.41) is 3.50. The number of hydrogen-bond acceptors (Lipinski definition) is 3. The summed E-state index contributed by atoms with van der Waals surface area (Å²) in [6.07, 6.45) is 26.6. The van der Waals surface area contributed by atoms with Gasteiger partial charge >= 0.3 is 5.97 Å². The maximum atomic E-state index is 11.7. The molecule has 0 atom stereocenters. The van der Waals surface area contributed by atoms with Crippen molar-refractivity contribution in [2.24, 2.45) is 5.11 Å². The van der Waals surface area contributed by atoms with Crippen molar-refractivity contribution in [1.82, 2.24) is 0 Å². The summed E-state index contributed by atoms with van der Waals surface area (Å²) in [6, 6.07) is 0. The Kier molecular flexibility index (Phi) is 22.8. The topological polar surface area (TPSA) is 75.1 Å². The minimum atomic E-state index is -0.0650. The van der Waals surface area contributed by atoms with Gasteiger partial charge in [-0.2, -0.15) is 0 Å². The van der Waals surface area contributed by atoms with E-state index in [0.717, 1.165) is 51.4 Å². The lowest BCUT2D eigenvalue weighted by Crippen LogP contribution is -2.05. The maximum absolute atomic E-state index is 11.7. The number of azide groups is 1. The number of ether oxygens (including phenoxy) is 1. The lowest BCUT2D eigenvalue weighted by atomic mass is 10.1. The van der Waals surface area contributed by atoms with E-state index in [-0.39, 0.29) is 5.97 Å². The molecule has 0 spiro atoms. The van der Waals surface area contributed by atoms with Gasteiger partial charge in [-0.05, 0) is 56.9 Å². The molecule has 0 aliphatic heterocycles. The van der Waals surface area contributed by atoms with Crippen molar-refractivity contribution >= 4 is 5.97 Å². The SMILES string of the molecule is CCCCCC=CCC=CCCCCCCCC(=O)OCCCCCCN=[N+]=[N-]. The number of nitrogens with zero attached hydrogens (tertiary/aromatic N) is 3. The standard InChI is InChI=1S/C24H43N3O2/c1-2-3-4-5-6-7-8-9-10-11-12-13-14-15-18-21-24(28)29-23-20-17-16-19-22-26-27-25/h6-7,9-10H,2-5,8,11-23H2,1H3. The Morgan fingerprint density at radius 3 is 2.17 bits per heavy atom. The molecule has 0 bridgehead atoms. The molecule has 0 aromatic heterocycles. The molecule has 0 aliphatic carbocycles. The van der Waals surface area contributed by atoms with Crippen LogP contribution in [0.1, 0.15) is 110 Å².